The predicted molar refractivity (Wildman–Crippen MR) is 67.9 cm³/mol. The molecule has 0 bridgehead atoms. The van der Waals surface area contributed by atoms with Crippen molar-refractivity contribution in [3.8, 4) is 0 Å². The fraction of sp³-hybridized carbons (Fsp3) is 0.545. The molecule has 0 amide bonds. The van der Waals surface area contributed by atoms with Crippen molar-refractivity contribution in [1.82, 2.24) is 15.2 Å². The van der Waals surface area contributed by atoms with E-state index in [1.807, 2.05) is 6.07 Å². The topological polar surface area (TPSA) is 71.3 Å². The second-order valence-electron chi connectivity index (χ2n) is 4.38. The van der Waals surface area contributed by atoms with E-state index in [0.29, 0.717) is 11.7 Å². The number of hydrogen-bond acceptors (Lipinski definition) is 5. The molecular formula is C11H15ClN4O2. The van der Waals surface area contributed by atoms with Gasteiger partial charge in [0.25, 0.3) is 0 Å². The Hall–Kier alpha value is -1.24. The minimum Gasteiger partial charge on any atom is -0.295 e. The minimum absolute atomic E-state index is 0.226. The third kappa shape index (κ3) is 2.95. The van der Waals surface area contributed by atoms with E-state index in [1.165, 1.54) is 0 Å². The van der Waals surface area contributed by atoms with Gasteiger partial charge in [0.1, 0.15) is 11.3 Å². The Balaban J connectivity index is 2.03. The number of pyridine rings is 1. The summed E-state index contributed by atoms with van der Waals surface area (Å²) in [6, 6.07) is 2.99. The van der Waals surface area contributed by atoms with Crippen molar-refractivity contribution >= 4 is 11.6 Å². The zero-order valence-electron chi connectivity index (χ0n) is 10.0. The molecule has 2 heterocycles. The number of halogens is 1. The van der Waals surface area contributed by atoms with E-state index in [0.717, 1.165) is 18.7 Å². The van der Waals surface area contributed by atoms with E-state index in [-0.39, 0.29) is 11.1 Å². The molecule has 1 aliphatic rings. The van der Waals surface area contributed by atoms with Crippen molar-refractivity contribution in [2.24, 2.45) is 0 Å². The molecule has 0 radical (unpaired) electrons. The molecule has 2 unspecified atom stereocenters. The summed E-state index contributed by atoms with van der Waals surface area (Å²) < 4.78 is 0. The second-order valence-corrected chi connectivity index (χ2v) is 4.77. The highest BCUT2D eigenvalue weighted by molar-refractivity contribution is 6.29. The molecule has 6 nitrogen and oxygen atoms in total. The van der Waals surface area contributed by atoms with Gasteiger partial charge in [-0.25, -0.2) is 4.98 Å². The first-order valence-corrected chi connectivity index (χ1v) is 6.17. The van der Waals surface area contributed by atoms with Gasteiger partial charge >= 0.3 is 0 Å². The standard InChI is InChI=1S/C11H15ClN4O2/c1-8(16(17)18)11-13-4-5-15(11)7-9-2-3-10(12)14-6-9/h2-3,6,8,11,13H,4-5,7H2,1H3. The van der Waals surface area contributed by atoms with E-state index in [4.69, 9.17) is 11.6 Å². The van der Waals surface area contributed by atoms with Gasteiger partial charge < -0.3 is 0 Å². The van der Waals surface area contributed by atoms with Gasteiger partial charge in [-0.1, -0.05) is 17.7 Å². The highest BCUT2D eigenvalue weighted by Gasteiger charge is 2.35. The second kappa shape index (κ2) is 5.60. The van der Waals surface area contributed by atoms with Crippen molar-refractivity contribution in [2.75, 3.05) is 13.1 Å². The molecule has 18 heavy (non-hydrogen) atoms. The van der Waals surface area contributed by atoms with Gasteiger partial charge in [-0.15, -0.1) is 0 Å². The number of hydrogen-bond donors (Lipinski definition) is 1. The van der Waals surface area contributed by atoms with Gasteiger partial charge in [-0.3, -0.25) is 20.3 Å². The molecule has 2 rings (SSSR count). The minimum atomic E-state index is -0.632. The summed E-state index contributed by atoms with van der Waals surface area (Å²) in [4.78, 5) is 16.6. The van der Waals surface area contributed by atoms with E-state index < -0.39 is 6.04 Å². The lowest BCUT2D eigenvalue weighted by molar-refractivity contribution is -0.526. The molecule has 2 atom stereocenters. The molecule has 7 heteroatoms. The Morgan fingerprint density at radius 3 is 3.11 bits per heavy atom. The van der Waals surface area contributed by atoms with Gasteiger partial charge in [0.15, 0.2) is 0 Å². The smallest absolute Gasteiger partial charge is 0.238 e. The Kier molecular flexibility index (Phi) is 4.11. The maximum absolute atomic E-state index is 10.8. The van der Waals surface area contributed by atoms with Crippen molar-refractivity contribution in [2.45, 2.75) is 25.7 Å². The lowest BCUT2D eigenvalue weighted by atomic mass is 10.2. The van der Waals surface area contributed by atoms with Gasteiger partial charge in [-0.05, 0) is 11.6 Å². The summed E-state index contributed by atoms with van der Waals surface area (Å²) in [5.41, 5.74) is 1.00. The van der Waals surface area contributed by atoms with Crippen LogP contribution in [0.5, 0.6) is 0 Å². The Morgan fingerprint density at radius 2 is 2.50 bits per heavy atom. The molecule has 1 aliphatic heterocycles. The lowest BCUT2D eigenvalue weighted by Gasteiger charge is -2.24. The number of nitrogens with zero attached hydrogens (tertiary/aromatic N) is 3. The maximum Gasteiger partial charge on any atom is 0.238 e. The van der Waals surface area contributed by atoms with Crippen molar-refractivity contribution in [1.29, 1.82) is 0 Å². The van der Waals surface area contributed by atoms with Crippen LogP contribution in [0.15, 0.2) is 18.3 Å². The molecule has 0 aromatic carbocycles. The first-order chi connectivity index (χ1) is 8.58. The van der Waals surface area contributed by atoms with Gasteiger partial charge in [0.2, 0.25) is 6.04 Å². The quantitative estimate of drug-likeness (QED) is 0.505. The van der Waals surface area contributed by atoms with Crippen LogP contribution in [0.1, 0.15) is 12.5 Å². The summed E-state index contributed by atoms with van der Waals surface area (Å²) in [7, 11) is 0. The monoisotopic (exact) mass is 270 g/mol. The van der Waals surface area contributed by atoms with Crippen LogP contribution in [0.3, 0.4) is 0 Å². The normalized spacial score (nSPS) is 22.0. The summed E-state index contributed by atoms with van der Waals surface area (Å²) in [6.45, 7) is 3.82. The van der Waals surface area contributed by atoms with E-state index >= 15 is 0 Å². The summed E-state index contributed by atoms with van der Waals surface area (Å²) in [6.07, 6.45) is 1.48. The first kappa shape index (κ1) is 13.2. The van der Waals surface area contributed by atoms with Crippen molar-refractivity contribution in [3.05, 3.63) is 39.2 Å². The number of rotatable bonds is 4. The summed E-state index contributed by atoms with van der Waals surface area (Å²) in [5.74, 6) is 0. The SMILES string of the molecule is CC(C1NCCN1Cc1ccc(Cl)nc1)[N+](=O)[O-]. The fourth-order valence-corrected chi connectivity index (χ4v) is 2.24. The van der Waals surface area contributed by atoms with Crippen molar-refractivity contribution in [3.63, 3.8) is 0 Å². The summed E-state index contributed by atoms with van der Waals surface area (Å²) in [5, 5.41) is 14.4. The largest absolute Gasteiger partial charge is 0.295 e. The predicted octanol–water partition coefficient (Wildman–Crippen LogP) is 1.13. The molecule has 1 saturated heterocycles. The lowest BCUT2D eigenvalue weighted by Crippen LogP contribution is -2.47. The number of nitrogens with one attached hydrogen (secondary N) is 1. The van der Waals surface area contributed by atoms with E-state index in [1.54, 1.807) is 19.2 Å². The average Bonchev–Trinajstić information content (AvgIpc) is 2.79. The van der Waals surface area contributed by atoms with Crippen LogP contribution >= 0.6 is 11.6 Å². The molecule has 0 aliphatic carbocycles. The Morgan fingerprint density at radius 1 is 1.72 bits per heavy atom. The van der Waals surface area contributed by atoms with Crippen molar-refractivity contribution < 1.29 is 4.92 Å². The van der Waals surface area contributed by atoms with Crippen LogP contribution in [0, 0.1) is 10.1 Å². The molecule has 1 aromatic rings. The molecule has 1 fully saturated rings. The van der Waals surface area contributed by atoms with Crippen LogP contribution in [0.2, 0.25) is 5.15 Å². The fourth-order valence-electron chi connectivity index (χ4n) is 2.13. The first-order valence-electron chi connectivity index (χ1n) is 5.79. The zero-order valence-corrected chi connectivity index (χ0v) is 10.8. The zero-order chi connectivity index (χ0) is 13.1. The van der Waals surface area contributed by atoms with Gasteiger partial charge in [0, 0.05) is 37.7 Å². The molecule has 0 spiro atoms. The van der Waals surface area contributed by atoms with Gasteiger partial charge in [0.05, 0.1) is 0 Å². The molecular weight excluding hydrogens is 256 g/mol. The molecule has 1 N–H and O–H groups in total. The Labute approximate surface area is 110 Å². The van der Waals surface area contributed by atoms with E-state index in [2.05, 4.69) is 15.2 Å². The maximum atomic E-state index is 10.8. The van der Waals surface area contributed by atoms with Crippen LogP contribution < -0.4 is 5.32 Å². The number of aromatic nitrogens is 1. The highest BCUT2D eigenvalue weighted by atomic mass is 35.5. The third-order valence-electron chi connectivity index (χ3n) is 3.11. The average molecular weight is 271 g/mol. The molecule has 1 aromatic heterocycles. The third-order valence-corrected chi connectivity index (χ3v) is 3.33. The Bertz CT molecular complexity index is 426. The van der Waals surface area contributed by atoms with Crippen LogP contribution in [0.25, 0.3) is 0 Å². The van der Waals surface area contributed by atoms with Crippen LogP contribution in [-0.4, -0.2) is 40.1 Å². The van der Waals surface area contributed by atoms with Crippen LogP contribution in [0.4, 0.5) is 0 Å². The molecule has 98 valence electrons. The van der Waals surface area contributed by atoms with Crippen LogP contribution in [-0.2, 0) is 6.54 Å². The van der Waals surface area contributed by atoms with Gasteiger partial charge in [-0.2, -0.15) is 0 Å². The van der Waals surface area contributed by atoms with E-state index in [9.17, 15) is 10.1 Å². The number of nitro groups is 1. The molecule has 0 saturated carbocycles. The summed E-state index contributed by atoms with van der Waals surface area (Å²) >= 11 is 5.72. The highest BCUT2D eigenvalue weighted by Crippen LogP contribution is 2.15.